The van der Waals surface area contributed by atoms with E-state index in [4.69, 9.17) is 21.4 Å². The first kappa shape index (κ1) is 26.7. The van der Waals surface area contributed by atoms with Crippen LogP contribution in [0.4, 0.5) is 0 Å². The first-order valence-corrected chi connectivity index (χ1v) is 13.0. The molecule has 0 bridgehead atoms. The van der Waals surface area contributed by atoms with Gasteiger partial charge in [-0.1, -0.05) is 60.1 Å². The number of nitriles is 1. The molecule has 1 atom stereocenters. The molecule has 0 aliphatic carbocycles. The second-order valence-electron chi connectivity index (χ2n) is 9.30. The maximum absolute atomic E-state index is 13.9. The molecule has 1 aliphatic heterocycles. The van der Waals surface area contributed by atoms with Crippen LogP contribution in [0.3, 0.4) is 0 Å². The van der Waals surface area contributed by atoms with Crippen LogP contribution in [-0.4, -0.2) is 33.6 Å². The molecule has 0 saturated heterocycles. The number of rotatable bonds is 6. The minimum atomic E-state index is -0.611. The molecule has 5 rings (SSSR count). The molecule has 2 amide bonds. The zero-order valence-electron chi connectivity index (χ0n) is 22.1. The summed E-state index contributed by atoms with van der Waals surface area (Å²) < 4.78 is 7.02. The van der Waals surface area contributed by atoms with Gasteiger partial charge in [0.25, 0.3) is 11.8 Å². The van der Waals surface area contributed by atoms with Gasteiger partial charge in [-0.15, -0.1) is 0 Å². The van der Waals surface area contributed by atoms with E-state index < -0.39 is 17.9 Å². The van der Waals surface area contributed by atoms with Crippen LogP contribution in [0.5, 0.6) is 5.75 Å². The fourth-order valence-corrected chi connectivity index (χ4v) is 4.99. The summed E-state index contributed by atoms with van der Waals surface area (Å²) in [5.74, 6) is -0.568. The molecule has 198 valence electrons. The molecule has 40 heavy (non-hydrogen) atoms. The summed E-state index contributed by atoms with van der Waals surface area (Å²) in [4.78, 5) is 28.4. The quantitative estimate of drug-likeness (QED) is 0.201. The summed E-state index contributed by atoms with van der Waals surface area (Å²) in [6.07, 6.45) is 3.50. The molecular weight excluding hydrogens is 524 g/mol. The monoisotopic (exact) mass is 548 g/mol. The van der Waals surface area contributed by atoms with Gasteiger partial charge >= 0.3 is 0 Å². The standard InChI is InChI=1S/C32H25ClN4O3/c1-20-26(31(38)37(32(39)27(20)18-34)21(2)22-10-6-4-7-11-22)16-24-19-36(25-12-8-5-9-13-25)35-30(24)23-14-15-29(40-3)28(33)17-23/h4-17,19,21H,1-3H3/b26-16+. The number of carbonyl (C=O) groups is 2. The number of hydrogen-bond acceptors (Lipinski definition) is 5. The number of methoxy groups -OCH3 is 1. The van der Waals surface area contributed by atoms with E-state index in [-0.39, 0.29) is 11.1 Å². The smallest absolute Gasteiger partial charge is 0.272 e. The van der Waals surface area contributed by atoms with E-state index in [1.54, 1.807) is 43.8 Å². The minimum absolute atomic E-state index is 0.0712. The van der Waals surface area contributed by atoms with Crippen molar-refractivity contribution in [2.45, 2.75) is 19.9 Å². The van der Waals surface area contributed by atoms with Crippen LogP contribution in [0, 0.1) is 11.3 Å². The zero-order chi connectivity index (χ0) is 28.4. The maximum Gasteiger partial charge on any atom is 0.272 e. The second kappa shape index (κ2) is 11.0. The van der Waals surface area contributed by atoms with Gasteiger partial charge in [0.15, 0.2) is 0 Å². The molecule has 1 aliphatic rings. The summed E-state index contributed by atoms with van der Waals surface area (Å²) in [6, 6.07) is 25.6. The zero-order valence-corrected chi connectivity index (χ0v) is 22.9. The number of hydrogen-bond donors (Lipinski definition) is 0. The van der Waals surface area contributed by atoms with E-state index in [9.17, 15) is 14.9 Å². The highest BCUT2D eigenvalue weighted by Crippen LogP contribution is 2.36. The van der Waals surface area contributed by atoms with Gasteiger partial charge in [0, 0.05) is 22.9 Å². The van der Waals surface area contributed by atoms with Gasteiger partial charge in [-0.2, -0.15) is 10.4 Å². The number of nitrogens with zero attached hydrogens (tertiary/aromatic N) is 4. The van der Waals surface area contributed by atoms with Crippen LogP contribution in [-0.2, 0) is 9.59 Å². The maximum atomic E-state index is 13.9. The Hall–Kier alpha value is -4.93. The predicted molar refractivity (Wildman–Crippen MR) is 154 cm³/mol. The van der Waals surface area contributed by atoms with Gasteiger partial charge in [-0.25, -0.2) is 4.68 Å². The summed E-state index contributed by atoms with van der Waals surface area (Å²) in [5, 5.41) is 15.1. The van der Waals surface area contributed by atoms with Crippen LogP contribution >= 0.6 is 11.6 Å². The number of amides is 2. The minimum Gasteiger partial charge on any atom is -0.495 e. The summed E-state index contributed by atoms with van der Waals surface area (Å²) in [7, 11) is 1.54. The third-order valence-electron chi connectivity index (χ3n) is 6.93. The van der Waals surface area contributed by atoms with Gasteiger partial charge in [-0.3, -0.25) is 14.5 Å². The molecule has 4 aromatic rings. The number of ether oxygens (including phenoxy) is 1. The van der Waals surface area contributed by atoms with Crippen molar-refractivity contribution in [1.82, 2.24) is 14.7 Å². The topological polar surface area (TPSA) is 88.2 Å². The van der Waals surface area contributed by atoms with Crippen LogP contribution in [0.25, 0.3) is 23.0 Å². The van der Waals surface area contributed by atoms with E-state index in [0.29, 0.717) is 33.2 Å². The van der Waals surface area contributed by atoms with Crippen molar-refractivity contribution >= 4 is 29.5 Å². The Labute approximate surface area is 237 Å². The highest BCUT2D eigenvalue weighted by molar-refractivity contribution is 6.32. The second-order valence-corrected chi connectivity index (χ2v) is 9.71. The van der Waals surface area contributed by atoms with Crippen LogP contribution in [0.15, 0.2) is 102 Å². The Morgan fingerprint density at radius 1 is 1.00 bits per heavy atom. The third kappa shape index (κ3) is 4.81. The van der Waals surface area contributed by atoms with Crippen LogP contribution in [0.2, 0.25) is 5.02 Å². The van der Waals surface area contributed by atoms with Crippen LogP contribution < -0.4 is 4.74 Å². The number of benzene rings is 3. The summed E-state index contributed by atoms with van der Waals surface area (Å²) in [5.41, 5.74) is 3.99. The molecule has 1 unspecified atom stereocenters. The number of para-hydroxylation sites is 1. The average Bonchev–Trinajstić information content (AvgIpc) is 3.40. The van der Waals surface area contributed by atoms with E-state index >= 15 is 0 Å². The number of carbonyl (C=O) groups excluding carboxylic acids is 2. The van der Waals surface area contributed by atoms with Crippen LogP contribution in [0.1, 0.15) is 31.0 Å². The van der Waals surface area contributed by atoms with Crippen molar-refractivity contribution in [3.63, 3.8) is 0 Å². The Balaban J connectivity index is 1.69. The van der Waals surface area contributed by atoms with Gasteiger partial charge in [0.2, 0.25) is 0 Å². The fourth-order valence-electron chi connectivity index (χ4n) is 4.73. The molecule has 0 fully saturated rings. The molecule has 0 saturated carbocycles. The molecule has 0 spiro atoms. The summed E-state index contributed by atoms with van der Waals surface area (Å²) >= 11 is 6.44. The lowest BCUT2D eigenvalue weighted by molar-refractivity contribution is -0.143. The van der Waals surface area contributed by atoms with E-state index in [0.717, 1.165) is 16.2 Å². The lowest BCUT2D eigenvalue weighted by Crippen LogP contribution is -2.44. The number of halogens is 1. The Kier molecular flexibility index (Phi) is 7.37. The van der Waals surface area contributed by atoms with Crippen molar-refractivity contribution in [1.29, 1.82) is 5.26 Å². The Morgan fingerprint density at radius 2 is 1.68 bits per heavy atom. The highest BCUT2D eigenvalue weighted by atomic mass is 35.5. The highest BCUT2D eigenvalue weighted by Gasteiger charge is 2.39. The van der Waals surface area contributed by atoms with Gasteiger partial charge < -0.3 is 4.74 Å². The molecule has 3 aromatic carbocycles. The van der Waals surface area contributed by atoms with Gasteiger partial charge in [0.05, 0.1) is 23.9 Å². The van der Waals surface area contributed by atoms with E-state index in [1.807, 2.05) is 79.0 Å². The number of imide groups is 1. The Morgan fingerprint density at radius 3 is 2.30 bits per heavy atom. The molecule has 0 radical (unpaired) electrons. The lowest BCUT2D eigenvalue weighted by Gasteiger charge is -2.32. The number of aromatic nitrogens is 2. The van der Waals surface area contributed by atoms with E-state index in [1.165, 1.54) is 0 Å². The molecule has 7 nitrogen and oxygen atoms in total. The van der Waals surface area contributed by atoms with Gasteiger partial charge in [-0.05, 0) is 61.4 Å². The normalized spacial score (nSPS) is 15.4. The van der Waals surface area contributed by atoms with Crippen molar-refractivity contribution < 1.29 is 14.3 Å². The molecule has 0 N–H and O–H groups in total. The third-order valence-corrected chi connectivity index (χ3v) is 7.23. The first-order chi connectivity index (χ1) is 19.3. The van der Waals surface area contributed by atoms with E-state index in [2.05, 4.69) is 0 Å². The molecule has 2 heterocycles. The molecule has 1 aromatic heterocycles. The first-order valence-electron chi connectivity index (χ1n) is 12.6. The largest absolute Gasteiger partial charge is 0.495 e. The average molecular weight is 549 g/mol. The lowest BCUT2D eigenvalue weighted by atomic mass is 9.91. The fraction of sp³-hybridized carbons (Fsp3) is 0.125. The van der Waals surface area contributed by atoms with Gasteiger partial charge in [0.1, 0.15) is 23.1 Å². The molecule has 8 heteroatoms. The molecular formula is C32H25ClN4O3. The van der Waals surface area contributed by atoms with Crippen molar-refractivity contribution in [3.05, 3.63) is 118 Å². The van der Waals surface area contributed by atoms with Crippen molar-refractivity contribution in [2.75, 3.05) is 7.11 Å². The van der Waals surface area contributed by atoms with Crippen molar-refractivity contribution in [3.8, 4) is 28.8 Å². The SMILES string of the molecule is COc1ccc(-c2nn(-c3ccccc3)cc2/C=C2/C(=O)N(C(C)c3ccccc3)C(=O)C(C#N)=C2C)cc1Cl. The predicted octanol–water partition coefficient (Wildman–Crippen LogP) is 6.55. The Bertz CT molecular complexity index is 1720. The van der Waals surface area contributed by atoms with Crippen molar-refractivity contribution in [2.24, 2.45) is 0 Å². The summed E-state index contributed by atoms with van der Waals surface area (Å²) in [6.45, 7) is 3.40.